The fourth-order valence-electron chi connectivity index (χ4n) is 5.44. The third-order valence-electron chi connectivity index (χ3n) is 7.82. The second kappa shape index (κ2) is 12.2. The van der Waals surface area contributed by atoms with Crippen LogP contribution < -0.4 is 24.4 Å². The van der Waals surface area contributed by atoms with Gasteiger partial charge >= 0.3 is 12.1 Å². The number of alkyl halides is 3. The summed E-state index contributed by atoms with van der Waals surface area (Å²) >= 11 is 6.10. The number of amides is 1. The van der Waals surface area contributed by atoms with E-state index >= 15 is 0 Å². The first-order valence-electron chi connectivity index (χ1n) is 13.6. The first-order chi connectivity index (χ1) is 20.5. The summed E-state index contributed by atoms with van der Waals surface area (Å²) in [4.78, 5) is 26.6. The maximum atomic E-state index is 14.1. The highest BCUT2D eigenvalue weighted by Crippen LogP contribution is 2.43. The topological polar surface area (TPSA) is 97.3 Å². The van der Waals surface area contributed by atoms with Crippen LogP contribution in [-0.2, 0) is 22.2 Å². The number of methoxy groups -OCH3 is 2. The lowest BCUT2D eigenvalue weighted by Gasteiger charge is -2.32. The number of carboxylic acids is 1. The van der Waals surface area contributed by atoms with Crippen LogP contribution in [0.15, 0.2) is 54.6 Å². The summed E-state index contributed by atoms with van der Waals surface area (Å²) in [6.45, 7) is 0.515. The molecule has 8 nitrogen and oxygen atoms in total. The Balaban J connectivity index is 1.43. The summed E-state index contributed by atoms with van der Waals surface area (Å²) in [6, 6.07) is 13.0. The van der Waals surface area contributed by atoms with Gasteiger partial charge in [-0.1, -0.05) is 23.7 Å². The summed E-state index contributed by atoms with van der Waals surface area (Å²) in [7, 11) is 2.67. The van der Waals surface area contributed by atoms with Gasteiger partial charge in [0.05, 0.1) is 32.3 Å². The van der Waals surface area contributed by atoms with Crippen LogP contribution in [0.1, 0.15) is 35.6 Å². The van der Waals surface area contributed by atoms with Gasteiger partial charge in [-0.2, -0.15) is 13.2 Å². The van der Waals surface area contributed by atoms with Crippen molar-refractivity contribution >= 4 is 34.9 Å². The van der Waals surface area contributed by atoms with Crippen molar-refractivity contribution in [3.8, 4) is 17.2 Å². The molecule has 5 rings (SSSR count). The molecule has 1 saturated carbocycles. The van der Waals surface area contributed by atoms with Gasteiger partial charge in [0.15, 0.2) is 0 Å². The Labute approximate surface area is 251 Å². The zero-order chi connectivity index (χ0) is 30.9. The third kappa shape index (κ3) is 6.61. The monoisotopic (exact) mass is 618 g/mol. The third-order valence-corrected chi connectivity index (χ3v) is 8.07. The number of anilines is 2. The van der Waals surface area contributed by atoms with E-state index in [0.717, 1.165) is 6.07 Å². The molecule has 12 heteroatoms. The predicted octanol–water partition coefficient (Wildman–Crippen LogP) is 6.61. The number of ether oxygens (including phenoxy) is 3. The number of hydrogen-bond acceptors (Lipinski definition) is 6. The van der Waals surface area contributed by atoms with Gasteiger partial charge in [0.2, 0.25) is 0 Å². The molecule has 3 aromatic rings. The standard InChI is InChI=1S/C31H30ClF3N2O6/c1-41-23-12-22(13-24(14-23)43-16-17-9-20(10-17)30(39)40)36-28(18-3-5-21(32)6-4-18)29(38)37-8-7-19-11-27(42-2)25(15-26(19)37)31(33,34)35/h3-6,11-15,17,20,28,36H,7-10,16H2,1-2H3,(H,39,40)/t17?,20?,28-/m0/s1. The Hall–Kier alpha value is -4.12. The molecule has 1 amide bonds. The molecule has 0 unspecified atom stereocenters. The summed E-state index contributed by atoms with van der Waals surface area (Å²) in [5, 5.41) is 12.8. The maximum Gasteiger partial charge on any atom is 0.420 e. The molecule has 0 aromatic heterocycles. The number of halogens is 4. The Morgan fingerprint density at radius 3 is 2.37 bits per heavy atom. The van der Waals surface area contributed by atoms with E-state index in [1.165, 1.54) is 25.2 Å². The number of benzene rings is 3. The number of nitrogens with one attached hydrogen (secondary N) is 1. The van der Waals surface area contributed by atoms with E-state index < -0.39 is 29.7 Å². The molecule has 1 atom stereocenters. The second-order valence-corrected chi connectivity index (χ2v) is 11.1. The molecule has 1 fully saturated rings. The second-order valence-electron chi connectivity index (χ2n) is 10.6. The number of fused-ring (bicyclic) bond motifs is 1. The number of carbonyl (C=O) groups excluding carboxylic acids is 1. The fourth-order valence-corrected chi connectivity index (χ4v) is 5.57. The lowest BCUT2D eigenvalue weighted by Crippen LogP contribution is -2.37. The van der Waals surface area contributed by atoms with E-state index in [0.29, 0.717) is 59.2 Å². The van der Waals surface area contributed by atoms with Crippen molar-refractivity contribution in [2.45, 2.75) is 31.5 Å². The van der Waals surface area contributed by atoms with Crippen molar-refractivity contribution in [3.63, 3.8) is 0 Å². The molecule has 1 aliphatic carbocycles. The first-order valence-corrected chi connectivity index (χ1v) is 14.0. The number of aliphatic carboxylic acids is 1. The van der Waals surface area contributed by atoms with Crippen LogP contribution >= 0.6 is 11.6 Å². The Morgan fingerprint density at radius 2 is 1.74 bits per heavy atom. The van der Waals surface area contributed by atoms with Gasteiger partial charge in [0.1, 0.15) is 23.3 Å². The van der Waals surface area contributed by atoms with Crippen molar-refractivity contribution in [2.24, 2.45) is 11.8 Å². The van der Waals surface area contributed by atoms with Crippen LogP contribution in [0.2, 0.25) is 5.02 Å². The average molecular weight is 619 g/mol. The van der Waals surface area contributed by atoms with E-state index in [9.17, 15) is 22.8 Å². The quantitative estimate of drug-likeness (QED) is 0.264. The number of rotatable bonds is 10. The lowest BCUT2D eigenvalue weighted by atomic mass is 9.75. The highest BCUT2D eigenvalue weighted by Gasteiger charge is 2.39. The van der Waals surface area contributed by atoms with Gasteiger partial charge in [0.25, 0.3) is 5.91 Å². The van der Waals surface area contributed by atoms with Gasteiger partial charge in [-0.3, -0.25) is 9.59 Å². The van der Waals surface area contributed by atoms with Gasteiger partial charge < -0.3 is 29.5 Å². The highest BCUT2D eigenvalue weighted by molar-refractivity contribution is 6.30. The minimum atomic E-state index is -4.67. The highest BCUT2D eigenvalue weighted by atomic mass is 35.5. The van der Waals surface area contributed by atoms with Crippen LogP contribution in [0.5, 0.6) is 17.2 Å². The summed E-state index contributed by atoms with van der Waals surface area (Å²) in [6.07, 6.45) is -3.23. The van der Waals surface area contributed by atoms with E-state index in [4.69, 9.17) is 30.9 Å². The Morgan fingerprint density at radius 1 is 1.05 bits per heavy atom. The molecule has 0 bridgehead atoms. The molecular weight excluding hydrogens is 589 g/mol. The molecule has 3 aromatic carbocycles. The minimum absolute atomic E-state index is 0.113. The molecule has 2 aliphatic rings. The van der Waals surface area contributed by atoms with Gasteiger partial charge in [-0.15, -0.1) is 0 Å². The van der Waals surface area contributed by atoms with Gasteiger partial charge in [-0.05, 0) is 60.6 Å². The zero-order valence-electron chi connectivity index (χ0n) is 23.4. The van der Waals surface area contributed by atoms with Gasteiger partial charge in [0, 0.05) is 41.1 Å². The summed E-state index contributed by atoms with van der Waals surface area (Å²) in [5.41, 5.74) is 0.817. The van der Waals surface area contributed by atoms with Crippen LogP contribution in [0, 0.1) is 11.8 Å². The number of nitrogens with zero attached hydrogens (tertiary/aromatic N) is 1. The smallest absolute Gasteiger partial charge is 0.420 e. The minimum Gasteiger partial charge on any atom is -0.497 e. The fraction of sp³-hybridized carbons (Fsp3) is 0.355. The summed E-state index contributed by atoms with van der Waals surface area (Å²) in [5.74, 6) is -0.898. The average Bonchev–Trinajstić information content (AvgIpc) is 3.37. The van der Waals surface area contributed by atoms with Crippen molar-refractivity contribution in [2.75, 3.05) is 37.6 Å². The number of hydrogen-bond donors (Lipinski definition) is 2. The number of carbonyl (C=O) groups is 2. The van der Waals surface area contributed by atoms with Crippen LogP contribution in [-0.4, -0.2) is 44.4 Å². The summed E-state index contributed by atoms with van der Waals surface area (Å²) < 4.78 is 57.9. The van der Waals surface area contributed by atoms with Gasteiger partial charge in [-0.25, -0.2) is 0 Å². The normalized spacial score (nSPS) is 18.3. The van der Waals surface area contributed by atoms with Crippen molar-refractivity contribution in [1.29, 1.82) is 0 Å². The van der Waals surface area contributed by atoms with Crippen molar-refractivity contribution in [3.05, 3.63) is 76.3 Å². The molecule has 0 saturated heterocycles. The van der Waals surface area contributed by atoms with Crippen molar-refractivity contribution in [1.82, 2.24) is 0 Å². The molecular formula is C31H30ClF3N2O6. The van der Waals surface area contributed by atoms with E-state index in [1.807, 2.05) is 0 Å². The lowest BCUT2D eigenvalue weighted by molar-refractivity contribution is -0.146. The molecule has 228 valence electrons. The molecule has 2 N–H and O–H groups in total. The molecule has 0 spiro atoms. The molecule has 43 heavy (non-hydrogen) atoms. The number of carboxylic acid groups (broad SMARTS) is 1. The molecule has 0 radical (unpaired) electrons. The van der Waals surface area contributed by atoms with Crippen molar-refractivity contribution < 1.29 is 42.1 Å². The SMILES string of the molecule is COc1cc(N[C@H](C(=O)N2CCc3cc(OC)c(C(F)(F)F)cc32)c2ccc(Cl)cc2)cc(OCC2CC(C(=O)O)C2)c1. The Kier molecular flexibility index (Phi) is 8.64. The molecule has 1 heterocycles. The zero-order valence-corrected chi connectivity index (χ0v) is 24.2. The maximum absolute atomic E-state index is 14.1. The van der Waals surface area contributed by atoms with Crippen LogP contribution in [0.25, 0.3) is 0 Å². The predicted molar refractivity (Wildman–Crippen MR) is 154 cm³/mol. The Bertz CT molecular complexity index is 1510. The van der Waals surface area contributed by atoms with E-state index in [-0.39, 0.29) is 29.8 Å². The molecule has 1 aliphatic heterocycles. The largest absolute Gasteiger partial charge is 0.497 e. The first kappa shape index (κ1) is 30.3. The van der Waals surface area contributed by atoms with E-state index in [1.54, 1.807) is 42.5 Å². The van der Waals surface area contributed by atoms with Crippen LogP contribution in [0.4, 0.5) is 24.5 Å². The van der Waals surface area contributed by atoms with E-state index in [2.05, 4.69) is 5.32 Å². The van der Waals surface area contributed by atoms with Crippen LogP contribution in [0.3, 0.4) is 0 Å².